The first-order valence-electron chi connectivity index (χ1n) is 9.65. The first-order chi connectivity index (χ1) is 14.6. The molecular formula is C22H21N5O3. The quantitative estimate of drug-likeness (QED) is 0.493. The summed E-state index contributed by atoms with van der Waals surface area (Å²) >= 11 is 0. The summed E-state index contributed by atoms with van der Waals surface area (Å²) in [4.78, 5) is 31.9. The van der Waals surface area contributed by atoms with Crippen LogP contribution < -0.4 is 15.6 Å². The molecule has 8 heteroatoms. The van der Waals surface area contributed by atoms with E-state index < -0.39 is 0 Å². The maximum Gasteiger partial charge on any atom is 0.262 e. The van der Waals surface area contributed by atoms with Crippen LogP contribution in [-0.4, -0.2) is 32.3 Å². The van der Waals surface area contributed by atoms with E-state index in [2.05, 4.69) is 20.4 Å². The third kappa shape index (κ3) is 4.22. The fourth-order valence-electron chi connectivity index (χ4n) is 3.11. The van der Waals surface area contributed by atoms with E-state index in [-0.39, 0.29) is 24.4 Å². The molecule has 0 saturated carbocycles. The molecule has 4 rings (SSSR count). The lowest BCUT2D eigenvalue weighted by Crippen LogP contribution is -2.27. The van der Waals surface area contributed by atoms with Crippen LogP contribution >= 0.6 is 0 Å². The van der Waals surface area contributed by atoms with Crippen LogP contribution in [0.5, 0.6) is 5.75 Å². The number of hydrogen-bond donors (Lipinski definition) is 2. The number of carbonyl (C=O) groups excluding carboxylic acids is 1. The molecule has 0 bridgehead atoms. The number of aromatic amines is 1. The Kier molecular flexibility index (Phi) is 5.56. The predicted octanol–water partition coefficient (Wildman–Crippen LogP) is 2.37. The van der Waals surface area contributed by atoms with E-state index in [4.69, 9.17) is 4.74 Å². The first-order valence-corrected chi connectivity index (χ1v) is 9.65. The van der Waals surface area contributed by atoms with Crippen LogP contribution in [0.15, 0.2) is 65.6 Å². The van der Waals surface area contributed by atoms with Gasteiger partial charge in [-0.1, -0.05) is 30.3 Å². The predicted molar refractivity (Wildman–Crippen MR) is 113 cm³/mol. The highest BCUT2D eigenvalue weighted by molar-refractivity contribution is 5.78. The molecule has 0 aliphatic heterocycles. The maximum atomic E-state index is 12.4. The normalized spacial score (nSPS) is 10.8. The minimum absolute atomic E-state index is 0.112. The van der Waals surface area contributed by atoms with Crippen molar-refractivity contribution < 1.29 is 9.53 Å². The second-order valence-electron chi connectivity index (χ2n) is 6.67. The minimum atomic E-state index is -0.294. The van der Waals surface area contributed by atoms with Gasteiger partial charge < -0.3 is 15.0 Å². The number of nitrogens with one attached hydrogen (secondary N) is 2. The third-order valence-corrected chi connectivity index (χ3v) is 4.54. The zero-order chi connectivity index (χ0) is 20.9. The molecule has 0 fully saturated rings. The van der Waals surface area contributed by atoms with Crippen molar-refractivity contribution in [1.29, 1.82) is 0 Å². The summed E-state index contributed by atoms with van der Waals surface area (Å²) in [7, 11) is 0. The third-order valence-electron chi connectivity index (χ3n) is 4.54. The van der Waals surface area contributed by atoms with Gasteiger partial charge in [0.05, 0.1) is 31.5 Å². The summed E-state index contributed by atoms with van der Waals surface area (Å²) in [5, 5.41) is 7.47. The summed E-state index contributed by atoms with van der Waals surface area (Å²) in [6.45, 7) is 2.63. The van der Waals surface area contributed by atoms with E-state index in [1.54, 1.807) is 4.68 Å². The van der Waals surface area contributed by atoms with Gasteiger partial charge in [-0.3, -0.25) is 9.59 Å². The summed E-state index contributed by atoms with van der Waals surface area (Å²) in [6, 6.07) is 16.8. The lowest BCUT2D eigenvalue weighted by atomic mass is 10.1. The van der Waals surface area contributed by atoms with Crippen LogP contribution in [0.3, 0.4) is 0 Å². The van der Waals surface area contributed by atoms with Crippen LogP contribution in [0.1, 0.15) is 18.3 Å². The second-order valence-corrected chi connectivity index (χ2v) is 6.67. The van der Waals surface area contributed by atoms with E-state index >= 15 is 0 Å². The number of nitrogens with zero attached hydrogens (tertiary/aromatic N) is 3. The van der Waals surface area contributed by atoms with Crippen molar-refractivity contribution in [2.75, 3.05) is 6.61 Å². The van der Waals surface area contributed by atoms with Crippen LogP contribution in [0.4, 0.5) is 0 Å². The van der Waals surface area contributed by atoms with Crippen LogP contribution in [0.25, 0.3) is 16.7 Å². The number of benzene rings is 2. The van der Waals surface area contributed by atoms with E-state index in [9.17, 15) is 9.59 Å². The summed E-state index contributed by atoms with van der Waals surface area (Å²) in [5.74, 6) is 0.968. The number of para-hydroxylation sites is 1. The van der Waals surface area contributed by atoms with Gasteiger partial charge in [0.15, 0.2) is 5.65 Å². The molecule has 0 aliphatic rings. The number of aromatic nitrogens is 4. The Labute approximate surface area is 172 Å². The molecule has 2 aromatic carbocycles. The zero-order valence-corrected chi connectivity index (χ0v) is 16.5. The van der Waals surface area contributed by atoms with Gasteiger partial charge in [0, 0.05) is 0 Å². The van der Waals surface area contributed by atoms with E-state index in [0.717, 1.165) is 17.0 Å². The Balaban J connectivity index is 1.47. The SMILES string of the molecule is CCOc1ccc(CC(=O)NCc2nc3c(cnn3-c3ccccc3)c(=O)[nH]2)cc1. The van der Waals surface area contributed by atoms with Crippen molar-refractivity contribution in [2.45, 2.75) is 19.9 Å². The van der Waals surface area contributed by atoms with Crippen molar-refractivity contribution in [2.24, 2.45) is 0 Å². The maximum absolute atomic E-state index is 12.4. The summed E-state index contributed by atoms with van der Waals surface area (Å²) in [5.41, 5.74) is 1.82. The highest BCUT2D eigenvalue weighted by Crippen LogP contribution is 2.14. The number of carbonyl (C=O) groups is 1. The Morgan fingerprint density at radius 1 is 1.13 bits per heavy atom. The number of fused-ring (bicyclic) bond motifs is 1. The van der Waals surface area contributed by atoms with Gasteiger partial charge in [-0.15, -0.1) is 0 Å². The highest BCUT2D eigenvalue weighted by Gasteiger charge is 2.12. The average Bonchev–Trinajstić information content (AvgIpc) is 3.19. The first kappa shape index (κ1) is 19.4. The molecule has 0 saturated heterocycles. The summed E-state index contributed by atoms with van der Waals surface area (Å²) in [6.07, 6.45) is 1.71. The molecule has 0 unspecified atom stereocenters. The topological polar surface area (TPSA) is 102 Å². The van der Waals surface area contributed by atoms with Gasteiger partial charge >= 0.3 is 0 Å². The van der Waals surface area contributed by atoms with Gasteiger partial charge in [0.2, 0.25) is 5.91 Å². The lowest BCUT2D eigenvalue weighted by molar-refractivity contribution is -0.120. The molecule has 2 heterocycles. The smallest absolute Gasteiger partial charge is 0.262 e. The fraction of sp³-hybridized carbons (Fsp3) is 0.182. The van der Waals surface area contributed by atoms with Crippen molar-refractivity contribution in [1.82, 2.24) is 25.1 Å². The van der Waals surface area contributed by atoms with E-state index in [1.807, 2.05) is 61.5 Å². The van der Waals surface area contributed by atoms with Crippen molar-refractivity contribution in [3.05, 3.63) is 82.5 Å². The Bertz CT molecular complexity index is 1210. The van der Waals surface area contributed by atoms with Crippen LogP contribution in [-0.2, 0) is 17.8 Å². The molecule has 2 N–H and O–H groups in total. The monoisotopic (exact) mass is 403 g/mol. The number of amides is 1. The molecule has 2 aromatic heterocycles. The Morgan fingerprint density at radius 2 is 1.90 bits per heavy atom. The van der Waals surface area contributed by atoms with Gasteiger partial charge in [-0.25, -0.2) is 9.67 Å². The van der Waals surface area contributed by atoms with Crippen molar-refractivity contribution in [3.63, 3.8) is 0 Å². The molecule has 152 valence electrons. The molecular weight excluding hydrogens is 382 g/mol. The standard InChI is InChI=1S/C22H21N5O3/c1-2-30-17-10-8-15(9-11-17)12-20(28)23-14-19-25-21-18(22(29)26-19)13-24-27(21)16-6-4-3-5-7-16/h3-11,13H,2,12,14H2,1H3,(H,23,28)(H,25,26,29). The van der Waals surface area contributed by atoms with Crippen LogP contribution in [0, 0.1) is 0 Å². The minimum Gasteiger partial charge on any atom is -0.494 e. The number of hydrogen-bond acceptors (Lipinski definition) is 5. The van der Waals surface area contributed by atoms with Gasteiger partial charge in [0.25, 0.3) is 5.56 Å². The fourth-order valence-corrected chi connectivity index (χ4v) is 3.11. The number of rotatable bonds is 7. The van der Waals surface area contributed by atoms with E-state index in [1.165, 1.54) is 6.20 Å². The number of H-pyrrole nitrogens is 1. The highest BCUT2D eigenvalue weighted by atomic mass is 16.5. The Hall–Kier alpha value is -3.94. The molecule has 0 spiro atoms. The molecule has 0 aliphatic carbocycles. The second kappa shape index (κ2) is 8.60. The van der Waals surface area contributed by atoms with Gasteiger partial charge in [0.1, 0.15) is 17.0 Å². The summed E-state index contributed by atoms with van der Waals surface area (Å²) < 4.78 is 7.01. The van der Waals surface area contributed by atoms with Gasteiger partial charge in [-0.2, -0.15) is 5.10 Å². The molecule has 0 atom stereocenters. The van der Waals surface area contributed by atoms with Gasteiger partial charge in [-0.05, 0) is 36.8 Å². The Morgan fingerprint density at radius 3 is 2.63 bits per heavy atom. The largest absolute Gasteiger partial charge is 0.494 e. The molecule has 4 aromatic rings. The molecule has 30 heavy (non-hydrogen) atoms. The van der Waals surface area contributed by atoms with Crippen LogP contribution in [0.2, 0.25) is 0 Å². The molecule has 1 amide bonds. The van der Waals surface area contributed by atoms with Crippen molar-refractivity contribution >= 4 is 16.9 Å². The van der Waals surface area contributed by atoms with E-state index in [0.29, 0.717) is 23.5 Å². The molecule has 0 radical (unpaired) electrons. The molecule has 8 nitrogen and oxygen atoms in total. The average molecular weight is 403 g/mol. The zero-order valence-electron chi connectivity index (χ0n) is 16.5. The number of ether oxygens (including phenoxy) is 1. The van der Waals surface area contributed by atoms with Crippen molar-refractivity contribution in [3.8, 4) is 11.4 Å². The lowest BCUT2D eigenvalue weighted by Gasteiger charge is -2.07.